The van der Waals surface area contributed by atoms with Gasteiger partial charge in [-0.25, -0.2) is 4.79 Å². The normalized spacial score (nSPS) is 22.6. The number of carbonyl (C=O) groups is 1. The first-order valence-electron chi connectivity index (χ1n) is 7.15. The monoisotopic (exact) mass is 274 g/mol. The molecule has 1 aliphatic heterocycles. The summed E-state index contributed by atoms with van der Waals surface area (Å²) in [6.45, 7) is 4.21. The highest BCUT2D eigenvalue weighted by Gasteiger charge is 2.38. The van der Waals surface area contributed by atoms with Crippen LogP contribution in [0.4, 0.5) is 0 Å². The maximum atomic E-state index is 11.6. The molecule has 1 unspecified atom stereocenters. The summed E-state index contributed by atoms with van der Waals surface area (Å²) in [6.07, 6.45) is 3.95. The number of aryl methyl sites for hydroxylation is 1. The van der Waals surface area contributed by atoms with E-state index < -0.39 is 11.6 Å². The number of cyclic esters (lactones) is 1. The minimum absolute atomic E-state index is 0.134. The number of aliphatic hydroxyl groups excluding tert-OH is 1. The maximum Gasteiger partial charge on any atom is 0.334 e. The summed E-state index contributed by atoms with van der Waals surface area (Å²) in [4.78, 5) is 11.6. The average Bonchev–Trinajstić information content (AvgIpc) is 2.35. The molecule has 2 rings (SSSR count). The van der Waals surface area contributed by atoms with Crippen LogP contribution in [0.5, 0.6) is 0 Å². The Morgan fingerprint density at radius 3 is 2.60 bits per heavy atom. The molecule has 0 spiro atoms. The van der Waals surface area contributed by atoms with Crippen molar-refractivity contribution in [3.8, 4) is 0 Å². The van der Waals surface area contributed by atoms with Gasteiger partial charge in [0.05, 0.1) is 6.08 Å². The molecule has 0 radical (unpaired) electrons. The predicted octanol–water partition coefficient (Wildman–Crippen LogP) is 3.79. The lowest BCUT2D eigenvalue weighted by molar-refractivity contribution is -0.159. The number of esters is 1. The van der Waals surface area contributed by atoms with Crippen LogP contribution in [0.3, 0.4) is 0 Å². The largest absolute Gasteiger partial charge is 0.512 e. The summed E-state index contributed by atoms with van der Waals surface area (Å²) in [6, 6.07) is 10.2. The lowest BCUT2D eigenvalue weighted by Gasteiger charge is -2.37. The Hall–Kier alpha value is -1.77. The van der Waals surface area contributed by atoms with Crippen molar-refractivity contribution in [1.29, 1.82) is 0 Å². The molecule has 3 heteroatoms. The van der Waals surface area contributed by atoms with E-state index in [2.05, 4.69) is 26.0 Å². The molecule has 0 saturated carbocycles. The highest BCUT2D eigenvalue weighted by Crippen LogP contribution is 2.35. The van der Waals surface area contributed by atoms with Crippen molar-refractivity contribution >= 4 is 5.97 Å². The highest BCUT2D eigenvalue weighted by molar-refractivity contribution is 5.83. The van der Waals surface area contributed by atoms with Gasteiger partial charge in [0, 0.05) is 6.42 Å². The van der Waals surface area contributed by atoms with Crippen molar-refractivity contribution in [3.63, 3.8) is 0 Å². The van der Waals surface area contributed by atoms with Crippen molar-refractivity contribution in [3.05, 3.63) is 47.7 Å². The van der Waals surface area contributed by atoms with Gasteiger partial charge in [-0.2, -0.15) is 0 Å². The van der Waals surface area contributed by atoms with Gasteiger partial charge in [0.2, 0.25) is 0 Å². The predicted molar refractivity (Wildman–Crippen MR) is 78.4 cm³/mol. The summed E-state index contributed by atoms with van der Waals surface area (Å²) in [7, 11) is 0. The summed E-state index contributed by atoms with van der Waals surface area (Å²) < 4.78 is 5.60. The highest BCUT2D eigenvalue weighted by atomic mass is 16.6. The van der Waals surface area contributed by atoms with Gasteiger partial charge in [0.15, 0.2) is 0 Å². The summed E-state index contributed by atoms with van der Waals surface area (Å²) >= 11 is 0. The van der Waals surface area contributed by atoms with Crippen LogP contribution < -0.4 is 0 Å². The number of ether oxygens (including phenoxy) is 1. The smallest absolute Gasteiger partial charge is 0.334 e. The van der Waals surface area contributed by atoms with Crippen molar-refractivity contribution in [1.82, 2.24) is 0 Å². The van der Waals surface area contributed by atoms with Gasteiger partial charge in [-0.1, -0.05) is 44.2 Å². The molecule has 1 N–H and O–H groups in total. The van der Waals surface area contributed by atoms with Crippen molar-refractivity contribution < 1.29 is 14.6 Å². The minimum atomic E-state index is -0.570. The Labute approximate surface area is 120 Å². The third-order valence-electron chi connectivity index (χ3n) is 3.60. The number of aliphatic hydroxyl groups is 1. The molecule has 0 amide bonds. The van der Waals surface area contributed by atoms with Crippen LogP contribution in [0.25, 0.3) is 0 Å². The lowest BCUT2D eigenvalue weighted by atomic mass is 9.82. The zero-order chi connectivity index (χ0) is 14.6. The lowest BCUT2D eigenvalue weighted by Crippen LogP contribution is -2.40. The number of carbonyl (C=O) groups excluding carboxylic acids is 1. The molecule has 0 bridgehead atoms. The molecule has 1 aliphatic rings. The Bertz CT molecular complexity index is 490. The van der Waals surface area contributed by atoms with Crippen LogP contribution in [0.15, 0.2) is 42.2 Å². The van der Waals surface area contributed by atoms with Crippen LogP contribution >= 0.6 is 0 Å². The molecule has 1 heterocycles. The molecule has 1 aromatic rings. The second kappa shape index (κ2) is 6.12. The van der Waals surface area contributed by atoms with E-state index in [1.807, 2.05) is 18.2 Å². The Kier molecular flexibility index (Phi) is 4.48. The third kappa shape index (κ3) is 3.86. The van der Waals surface area contributed by atoms with Crippen molar-refractivity contribution in [2.24, 2.45) is 5.92 Å². The first kappa shape index (κ1) is 14.6. The molecule has 3 nitrogen and oxygen atoms in total. The molecule has 0 fully saturated rings. The molecule has 20 heavy (non-hydrogen) atoms. The van der Waals surface area contributed by atoms with E-state index in [0.29, 0.717) is 12.3 Å². The van der Waals surface area contributed by atoms with E-state index in [-0.39, 0.29) is 5.76 Å². The van der Waals surface area contributed by atoms with Gasteiger partial charge in [-0.05, 0) is 30.7 Å². The van der Waals surface area contributed by atoms with E-state index >= 15 is 0 Å². The van der Waals surface area contributed by atoms with Crippen LogP contribution in [0.1, 0.15) is 38.7 Å². The second-order valence-corrected chi connectivity index (χ2v) is 6.00. The van der Waals surface area contributed by atoms with Crippen LogP contribution in [-0.2, 0) is 16.0 Å². The summed E-state index contributed by atoms with van der Waals surface area (Å²) in [5, 5.41) is 9.79. The Balaban J connectivity index is 2.12. The Morgan fingerprint density at radius 1 is 1.30 bits per heavy atom. The molecule has 0 aliphatic carbocycles. The number of hydrogen-bond acceptors (Lipinski definition) is 3. The SMILES string of the molecule is CC(C)CC1(CCc2ccccc2)CC(O)=CC(=O)O1. The van der Waals surface area contributed by atoms with Gasteiger partial charge in [0.25, 0.3) is 0 Å². The van der Waals surface area contributed by atoms with E-state index in [1.54, 1.807) is 0 Å². The number of benzene rings is 1. The van der Waals surface area contributed by atoms with Gasteiger partial charge >= 0.3 is 5.97 Å². The molecular formula is C17H22O3. The fraction of sp³-hybridized carbons (Fsp3) is 0.471. The first-order chi connectivity index (χ1) is 9.49. The van der Waals surface area contributed by atoms with Gasteiger partial charge in [0.1, 0.15) is 11.4 Å². The molecule has 1 atom stereocenters. The topological polar surface area (TPSA) is 46.5 Å². The zero-order valence-corrected chi connectivity index (χ0v) is 12.1. The van der Waals surface area contributed by atoms with Crippen molar-refractivity contribution in [2.75, 3.05) is 0 Å². The van der Waals surface area contributed by atoms with E-state index in [0.717, 1.165) is 19.3 Å². The zero-order valence-electron chi connectivity index (χ0n) is 12.1. The second-order valence-electron chi connectivity index (χ2n) is 6.00. The summed E-state index contributed by atoms with van der Waals surface area (Å²) in [5.41, 5.74) is 0.653. The van der Waals surface area contributed by atoms with Gasteiger partial charge in [-0.15, -0.1) is 0 Å². The van der Waals surface area contributed by atoms with E-state index in [9.17, 15) is 9.90 Å². The van der Waals surface area contributed by atoms with Gasteiger partial charge in [-0.3, -0.25) is 0 Å². The standard InChI is InChI=1S/C17H22O3/c1-13(2)11-17(12-15(18)10-16(19)20-17)9-8-14-6-4-3-5-7-14/h3-7,10,13,18H,8-9,11-12H2,1-2H3. The third-order valence-corrected chi connectivity index (χ3v) is 3.60. The molecular weight excluding hydrogens is 252 g/mol. The fourth-order valence-electron chi connectivity index (χ4n) is 2.91. The first-order valence-corrected chi connectivity index (χ1v) is 7.15. The maximum absolute atomic E-state index is 11.6. The summed E-state index contributed by atoms with van der Waals surface area (Å²) in [5.74, 6) is 0.113. The molecule has 0 saturated heterocycles. The molecule has 1 aromatic carbocycles. The average molecular weight is 274 g/mol. The van der Waals surface area contributed by atoms with E-state index in [4.69, 9.17) is 4.74 Å². The van der Waals surface area contributed by atoms with Crippen LogP contribution in [0.2, 0.25) is 0 Å². The van der Waals surface area contributed by atoms with Crippen LogP contribution in [-0.4, -0.2) is 16.7 Å². The number of rotatable bonds is 5. The van der Waals surface area contributed by atoms with Crippen molar-refractivity contribution in [2.45, 2.75) is 45.1 Å². The minimum Gasteiger partial charge on any atom is -0.512 e. The fourth-order valence-corrected chi connectivity index (χ4v) is 2.91. The molecule has 0 aromatic heterocycles. The number of hydrogen-bond donors (Lipinski definition) is 1. The van der Waals surface area contributed by atoms with Gasteiger partial charge < -0.3 is 9.84 Å². The van der Waals surface area contributed by atoms with Crippen LogP contribution in [0, 0.1) is 5.92 Å². The van der Waals surface area contributed by atoms with E-state index in [1.165, 1.54) is 11.6 Å². The molecule has 108 valence electrons. The Morgan fingerprint density at radius 2 is 2.00 bits per heavy atom. The quantitative estimate of drug-likeness (QED) is 0.831.